The second kappa shape index (κ2) is 6.24. The third kappa shape index (κ3) is 3.28. The minimum Gasteiger partial charge on any atom is -0.493 e. The number of carbonyl (C=O) groups excluding carboxylic acids is 1. The van der Waals surface area contributed by atoms with Gasteiger partial charge < -0.3 is 14.8 Å². The van der Waals surface area contributed by atoms with Gasteiger partial charge in [0.1, 0.15) is 17.1 Å². The van der Waals surface area contributed by atoms with E-state index >= 15 is 0 Å². The van der Waals surface area contributed by atoms with Gasteiger partial charge in [0.2, 0.25) is 0 Å². The van der Waals surface area contributed by atoms with Gasteiger partial charge in [0.05, 0.1) is 13.2 Å². The van der Waals surface area contributed by atoms with Crippen LogP contribution in [0, 0.1) is 0 Å². The summed E-state index contributed by atoms with van der Waals surface area (Å²) in [4.78, 5) is 11.1. The first-order valence-electron chi connectivity index (χ1n) is 7.91. The monoisotopic (exact) mass is 383 g/mol. The largest absolute Gasteiger partial charge is 0.493 e. The third-order valence-electron chi connectivity index (χ3n) is 4.34. The molecule has 0 saturated heterocycles. The molecule has 2 heterocycles. The van der Waals surface area contributed by atoms with E-state index in [1.54, 1.807) is 0 Å². The zero-order chi connectivity index (χ0) is 19.3. The van der Waals surface area contributed by atoms with Crippen molar-refractivity contribution >= 4 is 5.91 Å². The fourth-order valence-corrected chi connectivity index (χ4v) is 3.38. The lowest BCUT2D eigenvalue weighted by atomic mass is 9.90. The number of hydrogen-bond acceptors (Lipinski definition) is 3. The molecule has 3 rings (SSSR count). The normalized spacial score (nSPS) is 17.2. The Labute approximate surface area is 144 Å². The van der Waals surface area contributed by atoms with Gasteiger partial charge in [-0.15, -0.1) is 0 Å². The zero-order valence-electron chi connectivity index (χ0n) is 13.6. The minimum absolute atomic E-state index is 0.0388. The molecular formula is C16H15F6NO3. The maximum Gasteiger partial charge on any atom is 0.471 e. The van der Waals surface area contributed by atoms with Crippen LogP contribution < -0.4 is 14.8 Å². The highest BCUT2D eigenvalue weighted by Crippen LogP contribution is 2.50. The molecule has 0 radical (unpaired) electrons. The molecule has 2 aliphatic heterocycles. The zero-order valence-corrected chi connectivity index (χ0v) is 13.6. The molecule has 1 atom stereocenters. The van der Waals surface area contributed by atoms with E-state index in [9.17, 15) is 31.1 Å². The maximum absolute atomic E-state index is 13.5. The smallest absolute Gasteiger partial charge is 0.471 e. The summed E-state index contributed by atoms with van der Waals surface area (Å²) in [5.74, 6) is -2.32. The van der Waals surface area contributed by atoms with Crippen molar-refractivity contribution < 1.29 is 40.6 Å². The van der Waals surface area contributed by atoms with Gasteiger partial charge in [-0.3, -0.25) is 4.79 Å². The van der Waals surface area contributed by atoms with Gasteiger partial charge in [-0.05, 0) is 13.3 Å². The predicted molar refractivity (Wildman–Crippen MR) is 77.2 cm³/mol. The van der Waals surface area contributed by atoms with Gasteiger partial charge in [-0.1, -0.05) is 0 Å². The molecular weight excluding hydrogens is 368 g/mol. The van der Waals surface area contributed by atoms with Gasteiger partial charge in [0.25, 0.3) is 0 Å². The Kier molecular flexibility index (Phi) is 4.48. The lowest BCUT2D eigenvalue weighted by Gasteiger charge is -2.21. The van der Waals surface area contributed by atoms with Crippen LogP contribution in [0.4, 0.5) is 26.3 Å². The molecule has 26 heavy (non-hydrogen) atoms. The summed E-state index contributed by atoms with van der Waals surface area (Å²) in [6, 6.07) is -0.945. The summed E-state index contributed by atoms with van der Waals surface area (Å²) in [6.45, 7) is 1.46. The molecule has 0 fully saturated rings. The highest BCUT2D eigenvalue weighted by Gasteiger charge is 2.44. The van der Waals surface area contributed by atoms with E-state index < -0.39 is 29.9 Å². The molecule has 144 valence electrons. The van der Waals surface area contributed by atoms with Crippen molar-refractivity contribution in [1.82, 2.24) is 5.32 Å². The molecule has 10 heteroatoms. The van der Waals surface area contributed by atoms with Crippen LogP contribution in [-0.4, -0.2) is 31.3 Å². The second-order valence-corrected chi connectivity index (χ2v) is 6.24. The van der Waals surface area contributed by atoms with Crippen molar-refractivity contribution in [2.45, 2.75) is 44.6 Å². The van der Waals surface area contributed by atoms with Crippen LogP contribution in [0.1, 0.15) is 29.2 Å². The van der Waals surface area contributed by atoms with Gasteiger partial charge in [-0.25, -0.2) is 0 Å². The fourth-order valence-electron chi connectivity index (χ4n) is 3.38. The number of carbonyl (C=O) groups is 1. The summed E-state index contributed by atoms with van der Waals surface area (Å²) in [5, 5.41) is 1.81. The highest BCUT2D eigenvalue weighted by atomic mass is 19.4. The Balaban J connectivity index is 1.98. The number of amides is 1. The topological polar surface area (TPSA) is 47.6 Å². The number of halogens is 6. The Morgan fingerprint density at radius 3 is 2.19 bits per heavy atom. The third-order valence-corrected chi connectivity index (χ3v) is 4.34. The number of rotatable bonds is 3. The number of ether oxygens (including phenoxy) is 2. The average molecular weight is 383 g/mol. The number of benzene rings is 1. The van der Waals surface area contributed by atoms with Crippen LogP contribution in [0.2, 0.25) is 0 Å². The molecule has 0 saturated carbocycles. The van der Waals surface area contributed by atoms with Crippen LogP contribution in [0.3, 0.4) is 0 Å². The highest BCUT2D eigenvalue weighted by molar-refractivity contribution is 5.82. The molecule has 1 aromatic rings. The van der Waals surface area contributed by atoms with E-state index in [1.807, 2.05) is 5.32 Å². The van der Waals surface area contributed by atoms with Crippen molar-refractivity contribution in [2.24, 2.45) is 0 Å². The summed E-state index contributed by atoms with van der Waals surface area (Å²) in [6.07, 6.45) is -9.51. The summed E-state index contributed by atoms with van der Waals surface area (Å²) < 4.78 is 88.2. The Morgan fingerprint density at radius 2 is 1.62 bits per heavy atom. The lowest BCUT2D eigenvalue weighted by Crippen LogP contribution is -2.42. The summed E-state index contributed by atoms with van der Waals surface area (Å²) in [5.41, 5.74) is -0.255. The number of nitrogens with one attached hydrogen (secondary N) is 1. The van der Waals surface area contributed by atoms with E-state index in [0.717, 1.165) is 0 Å². The number of hydrogen-bond donors (Lipinski definition) is 1. The fraction of sp³-hybridized carbons (Fsp3) is 0.562. The van der Waals surface area contributed by atoms with Crippen molar-refractivity contribution in [2.75, 3.05) is 13.2 Å². The van der Waals surface area contributed by atoms with Crippen molar-refractivity contribution in [3.8, 4) is 11.5 Å². The Hall–Kier alpha value is -2.13. The van der Waals surface area contributed by atoms with Gasteiger partial charge in [-0.2, -0.15) is 26.3 Å². The molecule has 1 N–H and O–H groups in total. The van der Waals surface area contributed by atoms with E-state index in [0.29, 0.717) is 5.56 Å². The van der Waals surface area contributed by atoms with E-state index in [-0.39, 0.29) is 55.1 Å². The SMILES string of the molecule is C[C@@H](Cc1c2c(c(C(F)(F)F)c3c1OCC3)OCC2)NC(=O)C(F)(F)F. The first-order chi connectivity index (χ1) is 12.0. The number of fused-ring (bicyclic) bond motifs is 2. The van der Waals surface area contributed by atoms with Crippen molar-refractivity contribution in [3.63, 3.8) is 0 Å². The number of alkyl halides is 6. The Morgan fingerprint density at radius 1 is 1.04 bits per heavy atom. The van der Waals surface area contributed by atoms with E-state index in [2.05, 4.69) is 0 Å². The molecule has 0 aliphatic carbocycles. The molecule has 4 nitrogen and oxygen atoms in total. The quantitative estimate of drug-likeness (QED) is 0.816. The molecule has 0 aromatic heterocycles. The Bertz CT molecular complexity index is 706. The molecule has 0 spiro atoms. The minimum atomic E-state index is -5.03. The standard InChI is InChI=1S/C16H15F6NO3/c1-7(23-14(24)16(20,21)22)6-10-8-2-4-26-13(8)11(15(17,18)19)9-3-5-25-12(9)10/h7H,2-6H2,1H3,(H,23,24)/t7-/m0/s1. The lowest BCUT2D eigenvalue weighted by molar-refractivity contribution is -0.174. The summed E-state index contributed by atoms with van der Waals surface area (Å²) >= 11 is 0. The maximum atomic E-state index is 13.5. The first-order valence-corrected chi connectivity index (χ1v) is 7.91. The van der Waals surface area contributed by atoms with Crippen LogP contribution in [0.5, 0.6) is 11.5 Å². The van der Waals surface area contributed by atoms with Gasteiger partial charge >= 0.3 is 18.3 Å². The van der Waals surface area contributed by atoms with Crippen molar-refractivity contribution in [1.29, 1.82) is 0 Å². The predicted octanol–water partition coefficient (Wildman–Crippen LogP) is 3.18. The first kappa shape index (κ1) is 18.7. The van der Waals surface area contributed by atoms with Crippen LogP contribution in [0.25, 0.3) is 0 Å². The van der Waals surface area contributed by atoms with E-state index in [1.165, 1.54) is 6.92 Å². The van der Waals surface area contributed by atoms with Gasteiger partial charge in [0, 0.05) is 35.6 Å². The molecule has 1 aromatic carbocycles. The molecule has 0 unspecified atom stereocenters. The van der Waals surface area contributed by atoms with Gasteiger partial charge in [0.15, 0.2) is 0 Å². The van der Waals surface area contributed by atoms with Crippen LogP contribution in [0.15, 0.2) is 0 Å². The molecule has 0 bridgehead atoms. The second-order valence-electron chi connectivity index (χ2n) is 6.24. The summed E-state index contributed by atoms with van der Waals surface area (Å²) in [7, 11) is 0. The van der Waals surface area contributed by atoms with Crippen LogP contribution in [-0.2, 0) is 30.2 Å². The van der Waals surface area contributed by atoms with E-state index in [4.69, 9.17) is 9.47 Å². The molecule has 1 amide bonds. The molecule has 2 aliphatic rings. The van der Waals surface area contributed by atoms with Crippen LogP contribution >= 0.6 is 0 Å². The average Bonchev–Trinajstić information content (AvgIpc) is 3.13. The van der Waals surface area contributed by atoms with Crippen molar-refractivity contribution in [3.05, 3.63) is 22.3 Å².